The molecule has 0 aliphatic carbocycles. The van der Waals surface area contributed by atoms with Crippen LogP contribution in [0.2, 0.25) is 5.02 Å². The van der Waals surface area contributed by atoms with Crippen LogP contribution in [0.4, 0.5) is 23.4 Å². The summed E-state index contributed by atoms with van der Waals surface area (Å²) in [6, 6.07) is 5.24. The Bertz CT molecular complexity index is 704. The van der Waals surface area contributed by atoms with Crippen LogP contribution in [0.5, 0.6) is 5.75 Å². The first kappa shape index (κ1) is 18.3. The van der Waals surface area contributed by atoms with Crippen LogP contribution in [0.3, 0.4) is 0 Å². The molecule has 2 aromatic rings. The number of nitrogens with zero attached hydrogens (tertiary/aromatic N) is 1. The van der Waals surface area contributed by atoms with Crippen LogP contribution in [0.25, 0.3) is 0 Å². The number of benzene rings is 1. The van der Waals surface area contributed by atoms with Crippen molar-refractivity contribution in [3.8, 4) is 5.75 Å². The molecule has 0 aliphatic rings. The molecule has 0 spiro atoms. The van der Waals surface area contributed by atoms with Gasteiger partial charge in [0, 0.05) is 22.7 Å². The normalized spacial score (nSPS) is 12.8. The van der Waals surface area contributed by atoms with Crippen LogP contribution in [-0.2, 0) is 6.18 Å². The van der Waals surface area contributed by atoms with Crippen molar-refractivity contribution in [1.29, 1.82) is 0 Å². The molecule has 1 aromatic heterocycles. The van der Waals surface area contributed by atoms with Crippen molar-refractivity contribution in [2.75, 3.05) is 12.0 Å². The van der Waals surface area contributed by atoms with Crippen molar-refractivity contribution in [2.45, 2.75) is 19.0 Å². The van der Waals surface area contributed by atoms with E-state index in [2.05, 4.69) is 4.98 Å². The largest absolute Gasteiger partial charge is 0.492 e. The molecule has 0 radical (unpaired) electrons. The van der Waals surface area contributed by atoms with Gasteiger partial charge in [-0.2, -0.15) is 13.2 Å². The predicted molar refractivity (Wildman–Crippen MR) is 82.4 cm³/mol. The Kier molecular flexibility index (Phi) is 5.51. The van der Waals surface area contributed by atoms with Gasteiger partial charge in [-0.1, -0.05) is 24.6 Å². The van der Waals surface area contributed by atoms with E-state index >= 15 is 0 Å². The number of hydrogen-bond acceptors (Lipinski definition) is 4. The third kappa shape index (κ3) is 3.88. The van der Waals surface area contributed by atoms with Crippen LogP contribution in [0, 0.1) is 5.82 Å². The minimum Gasteiger partial charge on any atom is -0.492 e. The zero-order chi connectivity index (χ0) is 17.9. The van der Waals surface area contributed by atoms with Gasteiger partial charge in [-0.05, 0) is 18.2 Å². The van der Waals surface area contributed by atoms with Crippen molar-refractivity contribution in [1.82, 2.24) is 4.98 Å². The van der Waals surface area contributed by atoms with E-state index in [1.807, 2.05) is 5.43 Å². The average molecular weight is 364 g/mol. The Morgan fingerprint density at radius 2 is 2.04 bits per heavy atom. The molecule has 1 unspecified atom stereocenters. The second-order valence-electron chi connectivity index (χ2n) is 5.02. The third-order valence-corrected chi connectivity index (χ3v) is 3.64. The van der Waals surface area contributed by atoms with Crippen molar-refractivity contribution < 1.29 is 22.3 Å². The second kappa shape index (κ2) is 7.23. The molecule has 4 nitrogen and oxygen atoms in total. The number of alkyl halides is 3. The molecule has 0 bridgehead atoms. The van der Waals surface area contributed by atoms with Gasteiger partial charge in [0.2, 0.25) is 0 Å². The van der Waals surface area contributed by atoms with Crippen LogP contribution in [0.15, 0.2) is 30.5 Å². The molecule has 9 heteroatoms. The van der Waals surface area contributed by atoms with Crippen LogP contribution in [0.1, 0.15) is 24.0 Å². The maximum atomic E-state index is 13.9. The fourth-order valence-corrected chi connectivity index (χ4v) is 2.58. The molecular formula is C15H14ClF4N3O. The number of halogens is 5. The molecule has 0 saturated carbocycles. The number of anilines is 1. The summed E-state index contributed by atoms with van der Waals surface area (Å²) in [6.45, 7) is 1.39. The quantitative estimate of drug-likeness (QED) is 0.471. The maximum Gasteiger partial charge on any atom is 0.423 e. The highest BCUT2D eigenvalue weighted by molar-refractivity contribution is 6.31. The maximum absolute atomic E-state index is 13.9. The van der Waals surface area contributed by atoms with Gasteiger partial charge < -0.3 is 10.2 Å². The molecule has 3 N–H and O–H groups in total. The lowest BCUT2D eigenvalue weighted by Gasteiger charge is -2.19. The molecule has 130 valence electrons. The topological polar surface area (TPSA) is 60.2 Å². The first-order valence-electron chi connectivity index (χ1n) is 6.85. The molecule has 0 saturated heterocycles. The van der Waals surface area contributed by atoms with Crippen LogP contribution < -0.4 is 16.0 Å². The number of rotatable bonds is 5. The van der Waals surface area contributed by atoms with E-state index in [1.165, 1.54) is 18.2 Å². The van der Waals surface area contributed by atoms with Crippen molar-refractivity contribution in [3.63, 3.8) is 0 Å². The highest BCUT2D eigenvalue weighted by atomic mass is 35.5. The van der Waals surface area contributed by atoms with Gasteiger partial charge in [-0.15, -0.1) is 0 Å². The summed E-state index contributed by atoms with van der Waals surface area (Å²) in [7, 11) is 0. The van der Waals surface area contributed by atoms with Gasteiger partial charge in [-0.3, -0.25) is 0 Å². The molecule has 1 aromatic carbocycles. The second-order valence-corrected chi connectivity index (χ2v) is 5.43. The summed E-state index contributed by atoms with van der Waals surface area (Å²) in [6.07, 6.45) is -3.59. The predicted octanol–water partition coefficient (Wildman–Crippen LogP) is 4.36. The van der Waals surface area contributed by atoms with E-state index in [4.69, 9.17) is 22.2 Å². The Hall–Kier alpha value is -2.06. The molecule has 24 heavy (non-hydrogen) atoms. The molecule has 0 amide bonds. The zero-order valence-corrected chi connectivity index (χ0v) is 13.2. The van der Waals surface area contributed by atoms with Gasteiger partial charge in [-0.25, -0.2) is 15.2 Å². The Morgan fingerprint density at radius 3 is 2.62 bits per heavy atom. The van der Waals surface area contributed by atoms with Gasteiger partial charge in [0.25, 0.3) is 0 Å². The van der Waals surface area contributed by atoms with Crippen molar-refractivity contribution in [3.05, 3.63) is 52.4 Å². The van der Waals surface area contributed by atoms with E-state index in [9.17, 15) is 17.6 Å². The summed E-state index contributed by atoms with van der Waals surface area (Å²) in [5.74, 6) is 2.94. The number of hydrazine groups is 1. The number of aromatic nitrogens is 1. The highest BCUT2D eigenvalue weighted by Gasteiger charge is 2.38. The number of ether oxygens (including phenoxy) is 1. The fraction of sp³-hybridized carbons (Fsp3) is 0.267. The molecule has 1 atom stereocenters. The lowest BCUT2D eigenvalue weighted by Crippen LogP contribution is -2.19. The Morgan fingerprint density at radius 1 is 1.33 bits per heavy atom. The summed E-state index contributed by atoms with van der Waals surface area (Å²) in [4.78, 5) is 3.52. The number of hydrogen-bond donors (Lipinski definition) is 2. The lowest BCUT2D eigenvalue weighted by atomic mass is 10.0. The number of nitrogens with two attached hydrogens (primary N) is 1. The Labute approximate surface area is 140 Å². The van der Waals surface area contributed by atoms with Crippen LogP contribution in [-0.4, -0.2) is 11.6 Å². The molecule has 2 rings (SSSR count). The van der Waals surface area contributed by atoms with Gasteiger partial charge in [0.05, 0.1) is 6.61 Å². The fourth-order valence-electron chi connectivity index (χ4n) is 2.23. The highest BCUT2D eigenvalue weighted by Crippen LogP contribution is 2.40. The lowest BCUT2D eigenvalue weighted by molar-refractivity contribution is -0.138. The SMILES string of the molecule is CC(COc1ccnc(NN)c1C(F)(F)F)c1c(F)cccc1Cl. The van der Waals surface area contributed by atoms with Gasteiger partial charge >= 0.3 is 6.18 Å². The Balaban J connectivity index is 2.27. The van der Waals surface area contributed by atoms with E-state index < -0.39 is 35.0 Å². The van der Waals surface area contributed by atoms with E-state index in [-0.39, 0.29) is 17.2 Å². The smallest absolute Gasteiger partial charge is 0.423 e. The van der Waals surface area contributed by atoms with Crippen LogP contribution >= 0.6 is 11.6 Å². The number of nitrogens with one attached hydrogen (secondary N) is 1. The summed E-state index contributed by atoms with van der Waals surface area (Å²) < 4.78 is 58.6. The molecular weight excluding hydrogens is 350 g/mol. The van der Waals surface area contributed by atoms with E-state index in [1.54, 1.807) is 6.92 Å². The minimum atomic E-state index is -4.72. The van der Waals surface area contributed by atoms with Gasteiger partial charge in [0.1, 0.15) is 17.1 Å². The van der Waals surface area contributed by atoms with Crippen molar-refractivity contribution >= 4 is 17.4 Å². The molecule has 0 fully saturated rings. The minimum absolute atomic E-state index is 0.180. The average Bonchev–Trinajstić information content (AvgIpc) is 2.51. The summed E-state index contributed by atoms with van der Waals surface area (Å²) in [5.41, 5.74) is 0.942. The van der Waals surface area contributed by atoms with E-state index in [0.29, 0.717) is 0 Å². The third-order valence-electron chi connectivity index (χ3n) is 3.31. The number of nitrogen functional groups attached to an aromatic ring is 1. The van der Waals surface area contributed by atoms with E-state index in [0.717, 1.165) is 12.3 Å². The number of pyridine rings is 1. The zero-order valence-electron chi connectivity index (χ0n) is 12.5. The molecule has 0 aliphatic heterocycles. The monoisotopic (exact) mass is 363 g/mol. The molecule has 1 heterocycles. The summed E-state index contributed by atoms with van der Waals surface area (Å²) >= 11 is 5.95. The standard InChI is InChI=1S/C15H14ClF4N3O/c1-8(12-9(16)3-2-4-10(12)17)7-24-11-5-6-22-14(23-21)13(11)15(18,19)20/h2-6,8H,7,21H2,1H3,(H,22,23). The summed E-state index contributed by atoms with van der Waals surface area (Å²) in [5, 5.41) is 0.182. The van der Waals surface area contributed by atoms with Crippen molar-refractivity contribution in [2.24, 2.45) is 5.84 Å². The first-order chi connectivity index (χ1) is 11.3. The van der Waals surface area contributed by atoms with Gasteiger partial charge in [0.15, 0.2) is 5.82 Å². The first-order valence-corrected chi connectivity index (χ1v) is 7.23.